The summed E-state index contributed by atoms with van der Waals surface area (Å²) < 4.78 is 0. The summed E-state index contributed by atoms with van der Waals surface area (Å²) in [6, 6.07) is -0.0286. The monoisotopic (exact) mass is 271 g/mol. The number of aliphatic carboxylic acids is 1. The molecule has 1 heterocycles. The van der Waals surface area contributed by atoms with E-state index in [1.807, 2.05) is 6.92 Å². The lowest BCUT2D eigenvalue weighted by molar-refractivity contribution is -0.137. The third-order valence-corrected chi connectivity index (χ3v) is 3.21. The highest BCUT2D eigenvalue weighted by molar-refractivity contribution is 5.74. The first-order chi connectivity index (χ1) is 9.08. The molecule has 3 N–H and O–H groups in total. The molecule has 0 spiro atoms. The van der Waals surface area contributed by atoms with Crippen molar-refractivity contribution in [2.45, 2.75) is 45.1 Å². The molecule has 0 radical (unpaired) electrons. The van der Waals surface area contributed by atoms with Crippen LogP contribution in [-0.4, -0.2) is 54.2 Å². The molecule has 0 bridgehead atoms. The Hall–Kier alpha value is -1.30. The number of nitrogens with zero attached hydrogens (tertiary/aromatic N) is 1. The summed E-state index contributed by atoms with van der Waals surface area (Å²) in [5.41, 5.74) is 0. The van der Waals surface area contributed by atoms with Gasteiger partial charge in [-0.1, -0.05) is 0 Å². The van der Waals surface area contributed by atoms with Crippen LogP contribution in [-0.2, 0) is 4.79 Å². The summed E-state index contributed by atoms with van der Waals surface area (Å²) in [7, 11) is 0. The van der Waals surface area contributed by atoms with Gasteiger partial charge in [0.05, 0.1) is 0 Å². The molecule has 0 aliphatic carbocycles. The molecule has 1 rings (SSSR count). The Morgan fingerprint density at radius 2 is 1.95 bits per heavy atom. The van der Waals surface area contributed by atoms with Crippen molar-refractivity contribution in [1.82, 2.24) is 15.5 Å². The number of amides is 2. The van der Waals surface area contributed by atoms with Crippen molar-refractivity contribution in [2.24, 2.45) is 0 Å². The topological polar surface area (TPSA) is 81.7 Å². The highest BCUT2D eigenvalue weighted by Crippen LogP contribution is 2.07. The average Bonchev–Trinajstić information content (AvgIpc) is 2.80. The number of carbonyl (C=O) groups is 2. The van der Waals surface area contributed by atoms with Gasteiger partial charge >= 0.3 is 12.0 Å². The van der Waals surface area contributed by atoms with Crippen LogP contribution in [0.3, 0.4) is 0 Å². The molecule has 1 fully saturated rings. The first kappa shape index (κ1) is 15.8. The molecule has 110 valence electrons. The van der Waals surface area contributed by atoms with Crippen LogP contribution >= 0.6 is 0 Å². The van der Waals surface area contributed by atoms with E-state index in [0.29, 0.717) is 19.4 Å². The van der Waals surface area contributed by atoms with Gasteiger partial charge in [-0.15, -0.1) is 0 Å². The van der Waals surface area contributed by atoms with Gasteiger partial charge in [0.1, 0.15) is 0 Å². The second-order valence-electron chi connectivity index (χ2n) is 5.16. The Balaban J connectivity index is 2.01. The minimum absolute atomic E-state index is 0.136. The molecule has 0 saturated carbocycles. The fraction of sp³-hybridized carbons (Fsp3) is 0.846. The molecular formula is C13H25N3O3. The molecule has 1 atom stereocenters. The van der Waals surface area contributed by atoms with Gasteiger partial charge in [-0.05, 0) is 45.7 Å². The van der Waals surface area contributed by atoms with Crippen LogP contribution in [0.2, 0.25) is 0 Å². The summed E-state index contributed by atoms with van der Waals surface area (Å²) in [6.07, 6.45) is 3.96. The van der Waals surface area contributed by atoms with Gasteiger partial charge < -0.3 is 20.6 Å². The Labute approximate surface area is 114 Å². The minimum Gasteiger partial charge on any atom is -0.481 e. The predicted molar refractivity (Wildman–Crippen MR) is 73.2 cm³/mol. The van der Waals surface area contributed by atoms with Crippen molar-refractivity contribution in [2.75, 3.05) is 26.2 Å². The maximum atomic E-state index is 11.6. The largest absolute Gasteiger partial charge is 0.481 e. The lowest BCUT2D eigenvalue weighted by Crippen LogP contribution is -2.45. The number of carboxylic acids is 1. The van der Waals surface area contributed by atoms with E-state index in [4.69, 9.17) is 5.11 Å². The quantitative estimate of drug-likeness (QED) is 0.576. The van der Waals surface area contributed by atoms with Gasteiger partial charge in [0.2, 0.25) is 0 Å². The summed E-state index contributed by atoms with van der Waals surface area (Å²) in [5.74, 6) is -0.788. The van der Waals surface area contributed by atoms with Gasteiger partial charge in [0, 0.05) is 25.6 Å². The van der Waals surface area contributed by atoms with Crippen LogP contribution in [0.15, 0.2) is 0 Å². The van der Waals surface area contributed by atoms with E-state index in [2.05, 4.69) is 15.5 Å². The number of hydrogen-bond acceptors (Lipinski definition) is 3. The maximum Gasteiger partial charge on any atom is 0.315 e. The van der Waals surface area contributed by atoms with Crippen LogP contribution in [0.25, 0.3) is 0 Å². The summed E-state index contributed by atoms with van der Waals surface area (Å²) in [4.78, 5) is 24.2. The molecular weight excluding hydrogens is 246 g/mol. The molecule has 2 amide bonds. The van der Waals surface area contributed by atoms with Crippen molar-refractivity contribution in [3.63, 3.8) is 0 Å². The number of unbranched alkanes of at least 4 members (excludes halogenated alkanes) is 1. The number of likely N-dealkylation sites (tertiary alicyclic amines) is 1. The number of hydrogen-bond donors (Lipinski definition) is 3. The molecule has 1 saturated heterocycles. The first-order valence-corrected chi connectivity index (χ1v) is 7.06. The smallest absolute Gasteiger partial charge is 0.315 e. The summed E-state index contributed by atoms with van der Waals surface area (Å²) in [5, 5.41) is 14.1. The van der Waals surface area contributed by atoms with E-state index >= 15 is 0 Å². The van der Waals surface area contributed by atoms with Gasteiger partial charge in [-0.25, -0.2) is 4.79 Å². The third kappa shape index (κ3) is 7.66. The van der Waals surface area contributed by atoms with Gasteiger partial charge in [-0.3, -0.25) is 4.79 Å². The van der Waals surface area contributed by atoms with Crippen molar-refractivity contribution in [3.8, 4) is 0 Å². The van der Waals surface area contributed by atoms with E-state index in [0.717, 1.165) is 19.6 Å². The standard InChI is InChI=1S/C13H25N3O3/c1-11(10-16-8-4-5-9-16)15-13(19)14-7-3-2-6-12(17)18/h11H,2-10H2,1H3,(H,17,18)(H2,14,15,19). The van der Waals surface area contributed by atoms with E-state index in [1.165, 1.54) is 12.8 Å². The lowest BCUT2D eigenvalue weighted by Gasteiger charge is -2.21. The maximum absolute atomic E-state index is 11.6. The van der Waals surface area contributed by atoms with Crippen molar-refractivity contribution >= 4 is 12.0 Å². The van der Waals surface area contributed by atoms with Crippen molar-refractivity contribution in [3.05, 3.63) is 0 Å². The zero-order valence-electron chi connectivity index (χ0n) is 11.7. The minimum atomic E-state index is -0.788. The number of carboxylic acid groups (broad SMARTS) is 1. The molecule has 6 heteroatoms. The second kappa shape index (κ2) is 8.74. The fourth-order valence-corrected chi connectivity index (χ4v) is 2.28. The Kier molecular flexibility index (Phi) is 7.25. The molecule has 0 aromatic carbocycles. The van der Waals surface area contributed by atoms with E-state index in [-0.39, 0.29) is 18.5 Å². The highest BCUT2D eigenvalue weighted by Gasteiger charge is 2.15. The number of nitrogens with one attached hydrogen (secondary N) is 2. The van der Waals surface area contributed by atoms with Gasteiger partial charge in [0.25, 0.3) is 0 Å². The summed E-state index contributed by atoms with van der Waals surface area (Å²) >= 11 is 0. The number of rotatable bonds is 8. The Morgan fingerprint density at radius 3 is 2.58 bits per heavy atom. The number of urea groups is 1. The van der Waals surface area contributed by atoms with Crippen LogP contribution < -0.4 is 10.6 Å². The lowest BCUT2D eigenvalue weighted by atomic mass is 10.2. The fourth-order valence-electron chi connectivity index (χ4n) is 2.28. The van der Waals surface area contributed by atoms with E-state index in [9.17, 15) is 9.59 Å². The normalized spacial score (nSPS) is 17.1. The van der Waals surface area contributed by atoms with Gasteiger partial charge in [-0.2, -0.15) is 0 Å². The zero-order valence-corrected chi connectivity index (χ0v) is 11.7. The average molecular weight is 271 g/mol. The molecule has 0 aromatic heterocycles. The van der Waals surface area contributed by atoms with Gasteiger partial charge in [0.15, 0.2) is 0 Å². The Bertz CT molecular complexity index is 291. The van der Waals surface area contributed by atoms with Crippen molar-refractivity contribution < 1.29 is 14.7 Å². The highest BCUT2D eigenvalue weighted by atomic mass is 16.4. The molecule has 19 heavy (non-hydrogen) atoms. The predicted octanol–water partition coefficient (Wildman–Crippen LogP) is 1.02. The molecule has 1 aliphatic heterocycles. The second-order valence-corrected chi connectivity index (χ2v) is 5.16. The molecule has 1 aliphatic rings. The van der Waals surface area contributed by atoms with Crippen LogP contribution in [0.4, 0.5) is 4.79 Å². The Morgan fingerprint density at radius 1 is 1.26 bits per heavy atom. The molecule has 6 nitrogen and oxygen atoms in total. The first-order valence-electron chi connectivity index (χ1n) is 7.06. The van der Waals surface area contributed by atoms with Crippen LogP contribution in [0.5, 0.6) is 0 Å². The third-order valence-electron chi connectivity index (χ3n) is 3.21. The SMILES string of the molecule is CC(CN1CCCC1)NC(=O)NCCCCC(=O)O. The zero-order chi connectivity index (χ0) is 14.1. The van der Waals surface area contributed by atoms with E-state index in [1.54, 1.807) is 0 Å². The molecule has 1 unspecified atom stereocenters. The molecule has 0 aromatic rings. The number of carbonyl (C=O) groups excluding carboxylic acids is 1. The summed E-state index contributed by atoms with van der Waals surface area (Å²) in [6.45, 7) is 5.68. The van der Waals surface area contributed by atoms with Crippen LogP contribution in [0, 0.1) is 0 Å². The van der Waals surface area contributed by atoms with E-state index < -0.39 is 5.97 Å². The van der Waals surface area contributed by atoms with Crippen LogP contribution in [0.1, 0.15) is 39.0 Å². The van der Waals surface area contributed by atoms with Crippen molar-refractivity contribution in [1.29, 1.82) is 0 Å².